The monoisotopic (exact) mass is 271 g/mol. The van der Waals surface area contributed by atoms with Gasteiger partial charge in [-0.05, 0) is 28.5 Å². The maximum atomic E-state index is 13.2. The van der Waals surface area contributed by atoms with Gasteiger partial charge in [0.25, 0.3) is 0 Å². The van der Waals surface area contributed by atoms with Crippen LogP contribution in [0.2, 0.25) is 0 Å². The summed E-state index contributed by atoms with van der Waals surface area (Å²) in [4.78, 5) is 7.40. The maximum Gasteiger partial charge on any atom is 0.139 e. The van der Waals surface area contributed by atoms with Crippen LogP contribution in [0.3, 0.4) is 0 Å². The van der Waals surface area contributed by atoms with Crippen molar-refractivity contribution in [2.75, 3.05) is 6.54 Å². The quantitative estimate of drug-likeness (QED) is 0.901. The third-order valence-corrected chi connectivity index (χ3v) is 2.72. The zero-order chi connectivity index (χ0) is 10.8. The lowest BCUT2D eigenvalue weighted by atomic mass is 10.3. The Labute approximate surface area is 95.2 Å². The molecule has 1 aromatic carbocycles. The molecule has 0 radical (unpaired) electrons. The Balaban J connectivity index is 2.38. The van der Waals surface area contributed by atoms with Gasteiger partial charge < -0.3 is 10.3 Å². The Morgan fingerprint density at radius 3 is 3.07 bits per heavy atom. The Kier molecular flexibility index (Phi) is 3.02. The van der Waals surface area contributed by atoms with E-state index in [4.69, 9.17) is 0 Å². The number of fused-ring (bicyclic) bond motifs is 1. The molecule has 0 aliphatic carbocycles. The van der Waals surface area contributed by atoms with Crippen LogP contribution in [0.5, 0.6) is 0 Å². The smallest absolute Gasteiger partial charge is 0.139 e. The summed E-state index contributed by atoms with van der Waals surface area (Å²) in [6, 6.07) is 3.12. The maximum absolute atomic E-state index is 13.2. The van der Waals surface area contributed by atoms with Crippen molar-refractivity contribution in [1.82, 2.24) is 15.3 Å². The number of nitrogens with one attached hydrogen (secondary N) is 2. The molecule has 2 aromatic rings. The first-order chi connectivity index (χ1) is 7.20. The van der Waals surface area contributed by atoms with Gasteiger partial charge in [0.2, 0.25) is 0 Å². The third-order valence-electron chi connectivity index (χ3n) is 2.12. The summed E-state index contributed by atoms with van der Waals surface area (Å²) in [5.41, 5.74) is 1.50. The number of nitrogens with zero attached hydrogens (tertiary/aromatic N) is 1. The van der Waals surface area contributed by atoms with Gasteiger partial charge in [-0.15, -0.1) is 0 Å². The molecule has 0 saturated carbocycles. The fourth-order valence-electron chi connectivity index (χ4n) is 1.38. The summed E-state index contributed by atoms with van der Waals surface area (Å²) in [7, 11) is 0. The predicted molar refractivity (Wildman–Crippen MR) is 61.1 cm³/mol. The summed E-state index contributed by atoms with van der Waals surface area (Å²) in [6.07, 6.45) is 0. The lowest BCUT2D eigenvalue weighted by molar-refractivity contribution is 0.623. The van der Waals surface area contributed by atoms with Gasteiger partial charge in [-0.1, -0.05) is 6.92 Å². The first-order valence-corrected chi connectivity index (χ1v) is 5.54. The highest BCUT2D eigenvalue weighted by Gasteiger charge is 2.06. The predicted octanol–water partition coefficient (Wildman–Crippen LogP) is 2.57. The first kappa shape index (κ1) is 10.6. The van der Waals surface area contributed by atoms with Crippen LogP contribution in [0.15, 0.2) is 16.6 Å². The molecule has 5 heteroatoms. The molecular formula is C10H11BrFN3. The Bertz CT molecular complexity index is 442. The fraction of sp³-hybridized carbons (Fsp3) is 0.300. The molecule has 1 heterocycles. The van der Waals surface area contributed by atoms with Crippen LogP contribution in [0, 0.1) is 5.82 Å². The molecule has 3 nitrogen and oxygen atoms in total. The molecule has 2 rings (SSSR count). The van der Waals surface area contributed by atoms with Crippen molar-refractivity contribution in [3.63, 3.8) is 0 Å². The highest BCUT2D eigenvalue weighted by molar-refractivity contribution is 9.10. The van der Waals surface area contributed by atoms with Crippen LogP contribution in [0.1, 0.15) is 12.7 Å². The minimum Gasteiger partial charge on any atom is -0.341 e. The summed E-state index contributed by atoms with van der Waals surface area (Å²) < 4.78 is 13.6. The number of benzene rings is 1. The standard InChI is InChI=1S/C10H11BrFN3/c1-2-13-5-10-14-8-3-6(11)7(12)4-9(8)15-10/h3-4,13H,2,5H2,1H3,(H,14,15). The molecule has 0 aliphatic rings. The van der Waals surface area contributed by atoms with Gasteiger partial charge in [-0.25, -0.2) is 9.37 Å². The zero-order valence-electron chi connectivity index (χ0n) is 8.27. The number of H-pyrrole nitrogens is 1. The Hall–Kier alpha value is -0.940. The second kappa shape index (κ2) is 4.28. The summed E-state index contributed by atoms with van der Waals surface area (Å²) >= 11 is 3.13. The van der Waals surface area contributed by atoms with E-state index >= 15 is 0 Å². The van der Waals surface area contributed by atoms with Crippen molar-refractivity contribution in [3.05, 3.63) is 28.2 Å². The van der Waals surface area contributed by atoms with Crippen molar-refractivity contribution in [2.24, 2.45) is 0 Å². The lowest BCUT2D eigenvalue weighted by Crippen LogP contribution is -2.12. The molecule has 0 bridgehead atoms. The number of aromatic nitrogens is 2. The van der Waals surface area contributed by atoms with E-state index in [2.05, 4.69) is 31.2 Å². The molecule has 1 aromatic heterocycles. The van der Waals surface area contributed by atoms with E-state index < -0.39 is 0 Å². The third kappa shape index (κ3) is 2.18. The molecule has 0 spiro atoms. The van der Waals surface area contributed by atoms with Gasteiger partial charge in [-0.2, -0.15) is 0 Å². The summed E-state index contributed by atoms with van der Waals surface area (Å²) in [6.45, 7) is 3.58. The molecule has 2 N–H and O–H groups in total. The number of halogens is 2. The Morgan fingerprint density at radius 1 is 1.53 bits per heavy atom. The fourth-order valence-corrected chi connectivity index (χ4v) is 1.72. The van der Waals surface area contributed by atoms with Gasteiger partial charge in [0.05, 0.1) is 22.1 Å². The average molecular weight is 272 g/mol. The molecule has 0 unspecified atom stereocenters. The van der Waals surface area contributed by atoms with Crippen LogP contribution >= 0.6 is 15.9 Å². The minimum absolute atomic E-state index is 0.277. The van der Waals surface area contributed by atoms with Crippen LogP contribution in [0.25, 0.3) is 11.0 Å². The lowest BCUT2D eigenvalue weighted by Gasteiger charge is -1.94. The number of hydrogen-bond acceptors (Lipinski definition) is 2. The number of aromatic amines is 1. The van der Waals surface area contributed by atoms with E-state index in [1.807, 2.05) is 6.92 Å². The molecule has 0 amide bonds. The summed E-state index contributed by atoms with van der Waals surface area (Å²) in [5, 5.41) is 3.16. The molecule has 80 valence electrons. The zero-order valence-corrected chi connectivity index (χ0v) is 9.86. The first-order valence-electron chi connectivity index (χ1n) is 4.75. The van der Waals surface area contributed by atoms with Crippen LogP contribution < -0.4 is 5.32 Å². The van der Waals surface area contributed by atoms with Gasteiger partial charge in [0.1, 0.15) is 11.6 Å². The van der Waals surface area contributed by atoms with E-state index in [1.54, 1.807) is 6.07 Å². The van der Waals surface area contributed by atoms with Crippen molar-refractivity contribution in [3.8, 4) is 0 Å². The van der Waals surface area contributed by atoms with Crippen LogP contribution in [0.4, 0.5) is 4.39 Å². The van der Waals surface area contributed by atoms with Crippen LogP contribution in [-0.4, -0.2) is 16.5 Å². The molecule has 0 atom stereocenters. The van der Waals surface area contributed by atoms with Gasteiger partial charge in [0.15, 0.2) is 0 Å². The highest BCUT2D eigenvalue weighted by Crippen LogP contribution is 2.21. The van der Waals surface area contributed by atoms with E-state index in [9.17, 15) is 4.39 Å². The molecule has 0 fully saturated rings. The summed E-state index contributed by atoms with van der Waals surface area (Å²) in [5.74, 6) is 0.547. The van der Waals surface area contributed by atoms with E-state index in [0.717, 1.165) is 23.4 Å². The highest BCUT2D eigenvalue weighted by atomic mass is 79.9. The molecule has 15 heavy (non-hydrogen) atoms. The average Bonchev–Trinajstić information content (AvgIpc) is 2.58. The SMILES string of the molecule is CCNCc1nc2cc(Br)c(F)cc2[nH]1. The number of hydrogen-bond donors (Lipinski definition) is 2. The van der Waals surface area contributed by atoms with Gasteiger partial charge in [0, 0.05) is 6.07 Å². The molecule has 0 saturated heterocycles. The van der Waals surface area contributed by atoms with Crippen molar-refractivity contribution in [2.45, 2.75) is 13.5 Å². The van der Waals surface area contributed by atoms with E-state index in [1.165, 1.54) is 6.07 Å². The van der Waals surface area contributed by atoms with Crippen molar-refractivity contribution < 1.29 is 4.39 Å². The Morgan fingerprint density at radius 2 is 2.33 bits per heavy atom. The van der Waals surface area contributed by atoms with Gasteiger partial charge in [-0.3, -0.25) is 0 Å². The van der Waals surface area contributed by atoms with Crippen LogP contribution in [-0.2, 0) is 6.54 Å². The number of imidazole rings is 1. The minimum atomic E-state index is -0.277. The number of rotatable bonds is 3. The second-order valence-corrected chi connectivity index (χ2v) is 4.10. The van der Waals surface area contributed by atoms with Gasteiger partial charge >= 0.3 is 0 Å². The molecule has 0 aliphatic heterocycles. The second-order valence-electron chi connectivity index (χ2n) is 3.25. The topological polar surface area (TPSA) is 40.7 Å². The molecular weight excluding hydrogens is 261 g/mol. The van der Waals surface area contributed by atoms with E-state index in [-0.39, 0.29) is 5.82 Å². The van der Waals surface area contributed by atoms with Crippen molar-refractivity contribution in [1.29, 1.82) is 0 Å². The normalized spacial score (nSPS) is 11.1. The van der Waals surface area contributed by atoms with Crippen molar-refractivity contribution >= 4 is 27.0 Å². The largest absolute Gasteiger partial charge is 0.341 e. The van der Waals surface area contributed by atoms with E-state index in [0.29, 0.717) is 11.0 Å².